The number of ketones is 1. The van der Waals surface area contributed by atoms with E-state index < -0.39 is 0 Å². The van der Waals surface area contributed by atoms with Gasteiger partial charge in [-0.15, -0.1) is 0 Å². The molecule has 3 rings (SSSR count). The summed E-state index contributed by atoms with van der Waals surface area (Å²) in [5, 5.41) is 10.8. The monoisotopic (exact) mass is 253 g/mol. The maximum absolute atomic E-state index is 11.7. The number of rotatable bonds is 2. The van der Waals surface area contributed by atoms with Crippen molar-refractivity contribution in [3.8, 4) is 0 Å². The van der Waals surface area contributed by atoms with Crippen LogP contribution < -0.4 is 0 Å². The standard InChI is InChI=1S/C15H15N3O/c1-9(2)10-3-5-11(6-4-10)13-7-12(19)8-14-15(13)17-18-16-14/h3-7,9H,8H2,1-2H3,(H,16,17,18). The Morgan fingerprint density at radius 1 is 1.16 bits per heavy atom. The van der Waals surface area contributed by atoms with E-state index >= 15 is 0 Å². The summed E-state index contributed by atoms with van der Waals surface area (Å²) >= 11 is 0. The van der Waals surface area contributed by atoms with Crippen molar-refractivity contribution in [1.82, 2.24) is 15.4 Å². The molecule has 0 atom stereocenters. The van der Waals surface area contributed by atoms with Gasteiger partial charge in [-0.2, -0.15) is 15.4 Å². The summed E-state index contributed by atoms with van der Waals surface area (Å²) in [5.41, 5.74) is 4.67. The van der Waals surface area contributed by atoms with Crippen molar-refractivity contribution >= 4 is 11.4 Å². The van der Waals surface area contributed by atoms with Crippen LogP contribution in [0.2, 0.25) is 0 Å². The lowest BCUT2D eigenvalue weighted by atomic mass is 9.92. The van der Waals surface area contributed by atoms with Gasteiger partial charge < -0.3 is 0 Å². The van der Waals surface area contributed by atoms with Gasteiger partial charge in [-0.05, 0) is 23.1 Å². The number of aromatic amines is 1. The van der Waals surface area contributed by atoms with E-state index in [1.165, 1.54) is 5.56 Å². The van der Waals surface area contributed by atoms with Crippen LogP contribution in [0.4, 0.5) is 0 Å². The summed E-state index contributed by atoms with van der Waals surface area (Å²) in [4.78, 5) is 11.7. The van der Waals surface area contributed by atoms with E-state index in [0.717, 1.165) is 22.5 Å². The second-order valence-electron chi connectivity index (χ2n) is 5.10. The Labute approximate surface area is 111 Å². The average Bonchev–Trinajstić information content (AvgIpc) is 2.85. The molecule has 1 aromatic heterocycles. The molecular weight excluding hydrogens is 238 g/mol. The Bertz CT molecular complexity index is 650. The van der Waals surface area contributed by atoms with Crippen molar-refractivity contribution in [1.29, 1.82) is 0 Å². The van der Waals surface area contributed by atoms with E-state index in [0.29, 0.717) is 12.3 Å². The molecule has 0 saturated heterocycles. The number of allylic oxidation sites excluding steroid dienone is 1. The first-order valence-electron chi connectivity index (χ1n) is 6.40. The summed E-state index contributed by atoms with van der Waals surface area (Å²) < 4.78 is 0. The minimum Gasteiger partial charge on any atom is -0.294 e. The minimum atomic E-state index is 0.0735. The SMILES string of the molecule is CC(C)c1ccc(C2=CC(=O)Cc3n[nH]nc32)cc1. The molecule has 1 aliphatic carbocycles. The van der Waals surface area contributed by atoms with Gasteiger partial charge in [0.1, 0.15) is 5.69 Å². The second-order valence-corrected chi connectivity index (χ2v) is 5.10. The fourth-order valence-electron chi connectivity index (χ4n) is 2.30. The highest BCUT2D eigenvalue weighted by Crippen LogP contribution is 2.28. The quantitative estimate of drug-likeness (QED) is 0.894. The van der Waals surface area contributed by atoms with Crippen LogP contribution >= 0.6 is 0 Å². The van der Waals surface area contributed by atoms with Gasteiger partial charge in [0.25, 0.3) is 0 Å². The molecule has 4 nitrogen and oxygen atoms in total. The van der Waals surface area contributed by atoms with E-state index in [1.54, 1.807) is 6.08 Å². The van der Waals surface area contributed by atoms with E-state index in [4.69, 9.17) is 0 Å². The smallest absolute Gasteiger partial charge is 0.162 e. The fourth-order valence-corrected chi connectivity index (χ4v) is 2.30. The Kier molecular flexibility index (Phi) is 2.78. The first-order chi connectivity index (χ1) is 9.15. The van der Waals surface area contributed by atoms with E-state index in [2.05, 4.69) is 41.4 Å². The molecule has 4 heteroatoms. The fraction of sp³-hybridized carbons (Fsp3) is 0.267. The van der Waals surface area contributed by atoms with E-state index in [1.807, 2.05) is 12.1 Å². The van der Waals surface area contributed by atoms with Crippen molar-refractivity contribution in [3.63, 3.8) is 0 Å². The van der Waals surface area contributed by atoms with Crippen LogP contribution in [0, 0.1) is 0 Å². The number of nitrogens with one attached hydrogen (secondary N) is 1. The molecule has 1 heterocycles. The Morgan fingerprint density at radius 3 is 2.58 bits per heavy atom. The van der Waals surface area contributed by atoms with Gasteiger partial charge >= 0.3 is 0 Å². The molecule has 1 N–H and O–H groups in total. The number of hydrogen-bond donors (Lipinski definition) is 1. The predicted octanol–water partition coefficient (Wildman–Crippen LogP) is 2.49. The lowest BCUT2D eigenvalue weighted by Gasteiger charge is -2.12. The maximum atomic E-state index is 11.7. The number of benzene rings is 1. The number of H-pyrrole nitrogens is 1. The first kappa shape index (κ1) is 11.8. The number of carbonyl (C=O) groups excluding carboxylic acids is 1. The number of hydrogen-bond acceptors (Lipinski definition) is 3. The molecule has 0 fully saturated rings. The van der Waals surface area contributed by atoms with Crippen LogP contribution in [0.25, 0.3) is 5.57 Å². The van der Waals surface area contributed by atoms with Gasteiger partial charge in [0.15, 0.2) is 5.78 Å². The zero-order valence-corrected chi connectivity index (χ0v) is 11.0. The number of fused-ring (bicyclic) bond motifs is 1. The van der Waals surface area contributed by atoms with Crippen LogP contribution in [0.5, 0.6) is 0 Å². The zero-order valence-electron chi connectivity index (χ0n) is 11.0. The van der Waals surface area contributed by atoms with Crippen molar-refractivity contribution in [2.75, 3.05) is 0 Å². The highest BCUT2D eigenvalue weighted by atomic mass is 16.1. The molecule has 1 aliphatic rings. The Hall–Kier alpha value is -2.23. The lowest BCUT2D eigenvalue weighted by molar-refractivity contribution is -0.114. The zero-order chi connectivity index (χ0) is 13.4. The topological polar surface area (TPSA) is 58.6 Å². The number of aromatic nitrogens is 3. The third-order valence-electron chi connectivity index (χ3n) is 3.41. The van der Waals surface area contributed by atoms with E-state index in [-0.39, 0.29) is 5.78 Å². The van der Waals surface area contributed by atoms with Crippen LogP contribution in [0.1, 0.15) is 42.3 Å². The van der Waals surface area contributed by atoms with Crippen molar-refractivity contribution < 1.29 is 4.79 Å². The molecule has 96 valence electrons. The second kappa shape index (κ2) is 4.46. The van der Waals surface area contributed by atoms with Crippen LogP contribution in [0.3, 0.4) is 0 Å². The van der Waals surface area contributed by atoms with E-state index in [9.17, 15) is 4.79 Å². The van der Waals surface area contributed by atoms with Gasteiger partial charge in [0.2, 0.25) is 0 Å². The van der Waals surface area contributed by atoms with Crippen LogP contribution in [-0.2, 0) is 11.2 Å². The predicted molar refractivity (Wildman–Crippen MR) is 72.7 cm³/mol. The summed E-state index contributed by atoms with van der Waals surface area (Å²) in [7, 11) is 0. The first-order valence-corrected chi connectivity index (χ1v) is 6.40. The molecule has 0 saturated carbocycles. The normalized spacial score (nSPS) is 14.5. The number of nitrogens with zero attached hydrogens (tertiary/aromatic N) is 2. The summed E-state index contributed by atoms with van der Waals surface area (Å²) in [5.74, 6) is 0.572. The van der Waals surface area contributed by atoms with Crippen LogP contribution in [-0.4, -0.2) is 21.2 Å². The van der Waals surface area contributed by atoms with Crippen molar-refractivity contribution in [2.45, 2.75) is 26.2 Å². The molecule has 1 aromatic carbocycles. The molecular formula is C15H15N3O. The van der Waals surface area contributed by atoms with Crippen molar-refractivity contribution in [3.05, 3.63) is 52.9 Å². The van der Waals surface area contributed by atoms with Gasteiger partial charge in [-0.1, -0.05) is 38.1 Å². The highest BCUT2D eigenvalue weighted by Gasteiger charge is 2.22. The minimum absolute atomic E-state index is 0.0735. The van der Waals surface area contributed by atoms with Crippen molar-refractivity contribution in [2.24, 2.45) is 0 Å². The third-order valence-corrected chi connectivity index (χ3v) is 3.41. The molecule has 0 spiro atoms. The summed E-state index contributed by atoms with van der Waals surface area (Å²) in [6, 6.07) is 8.27. The van der Waals surface area contributed by atoms with Gasteiger partial charge in [-0.3, -0.25) is 4.79 Å². The van der Waals surface area contributed by atoms with Gasteiger partial charge in [0.05, 0.1) is 12.1 Å². The largest absolute Gasteiger partial charge is 0.294 e. The number of carbonyl (C=O) groups is 1. The Balaban J connectivity index is 2.04. The van der Waals surface area contributed by atoms with Gasteiger partial charge in [-0.25, -0.2) is 0 Å². The maximum Gasteiger partial charge on any atom is 0.162 e. The Morgan fingerprint density at radius 2 is 1.89 bits per heavy atom. The molecule has 0 amide bonds. The third kappa shape index (κ3) is 2.10. The lowest BCUT2D eigenvalue weighted by Crippen LogP contribution is -2.09. The highest BCUT2D eigenvalue weighted by molar-refractivity contribution is 6.04. The molecule has 0 aliphatic heterocycles. The molecule has 2 aromatic rings. The summed E-state index contributed by atoms with van der Waals surface area (Å²) in [6.07, 6.45) is 1.99. The van der Waals surface area contributed by atoms with Gasteiger partial charge in [0, 0.05) is 5.57 Å². The molecule has 0 radical (unpaired) electrons. The molecule has 19 heavy (non-hydrogen) atoms. The summed E-state index contributed by atoms with van der Waals surface area (Å²) in [6.45, 7) is 4.32. The van der Waals surface area contributed by atoms with Crippen LogP contribution in [0.15, 0.2) is 30.3 Å². The molecule has 0 bridgehead atoms. The molecule has 0 unspecified atom stereocenters. The average molecular weight is 253 g/mol.